The Balaban J connectivity index is 4.65. The van der Waals surface area contributed by atoms with Crippen molar-refractivity contribution in [1.29, 1.82) is 0 Å². The van der Waals surface area contributed by atoms with E-state index in [0.717, 1.165) is 18.7 Å². The fourth-order valence-corrected chi connectivity index (χ4v) is 3.30. The van der Waals surface area contributed by atoms with Gasteiger partial charge in [0.1, 0.15) is 0 Å². The summed E-state index contributed by atoms with van der Waals surface area (Å²) in [6.07, 6.45) is 16.2. The minimum Gasteiger partial charge on any atom is -0.394 e. The molecule has 0 fully saturated rings. The van der Waals surface area contributed by atoms with Gasteiger partial charge in [-0.2, -0.15) is 0 Å². The van der Waals surface area contributed by atoms with Gasteiger partial charge < -0.3 is 11.1 Å². The zero-order valence-electron chi connectivity index (χ0n) is 17.2. The second-order valence-electron chi connectivity index (χ2n) is 6.46. The van der Waals surface area contributed by atoms with Gasteiger partial charge in [-0.3, -0.25) is 4.99 Å². The molecule has 0 aromatic heterocycles. The van der Waals surface area contributed by atoms with Crippen molar-refractivity contribution in [1.82, 2.24) is 5.32 Å². The van der Waals surface area contributed by atoms with Gasteiger partial charge in [-0.25, -0.2) is 4.99 Å². The van der Waals surface area contributed by atoms with E-state index < -0.39 is 0 Å². The van der Waals surface area contributed by atoms with Crippen molar-refractivity contribution in [3.8, 4) is 0 Å². The van der Waals surface area contributed by atoms with Crippen LogP contribution in [0.15, 0.2) is 58.7 Å². The summed E-state index contributed by atoms with van der Waals surface area (Å²) in [7, 11) is 0. The first-order valence-corrected chi connectivity index (χ1v) is 10.9. The zero-order valence-corrected chi connectivity index (χ0v) is 18.0. The second-order valence-corrected chi connectivity index (χ2v) is 7.51. The van der Waals surface area contributed by atoms with Gasteiger partial charge in [0.25, 0.3) is 0 Å². The standard InChI is InChI=1S/C22H38N4S/c1-6-10-11-12-14-20(9-4)21(16-24-15-8-3)26-18-25-19(5)17-27-22(23)13-7-2/h7-8,13,15,18,20-21H,2-3,5-6,9-12,14,16-17,23H2,1,4H3,(H,25,26)/b22-13-,24-15?/t20-,21-/m0/s1. The predicted octanol–water partition coefficient (Wildman–Crippen LogP) is 5.46. The van der Waals surface area contributed by atoms with Crippen LogP contribution in [0.2, 0.25) is 0 Å². The molecule has 0 aliphatic carbocycles. The molecule has 0 bridgehead atoms. The lowest BCUT2D eigenvalue weighted by Gasteiger charge is -2.25. The molecule has 0 aliphatic rings. The summed E-state index contributed by atoms with van der Waals surface area (Å²) in [6, 6.07) is 0.266. The van der Waals surface area contributed by atoms with E-state index in [9.17, 15) is 0 Å². The van der Waals surface area contributed by atoms with Crippen LogP contribution in [0.25, 0.3) is 0 Å². The van der Waals surface area contributed by atoms with Gasteiger partial charge in [0.05, 0.1) is 17.9 Å². The first kappa shape index (κ1) is 25.2. The Hall–Kier alpha value is -1.75. The van der Waals surface area contributed by atoms with E-state index in [0.29, 0.717) is 16.7 Å². The van der Waals surface area contributed by atoms with Crippen LogP contribution in [0.5, 0.6) is 0 Å². The summed E-state index contributed by atoms with van der Waals surface area (Å²) in [5.74, 6) is 1.23. The average molecular weight is 391 g/mol. The molecule has 0 aromatic rings. The lowest BCUT2D eigenvalue weighted by molar-refractivity contribution is 0.351. The van der Waals surface area contributed by atoms with Gasteiger partial charge in [0.2, 0.25) is 0 Å². The maximum Gasteiger partial charge on any atom is 0.0885 e. The minimum atomic E-state index is 0.266. The number of nitrogens with zero attached hydrogens (tertiary/aromatic N) is 2. The van der Waals surface area contributed by atoms with Crippen molar-refractivity contribution >= 4 is 24.3 Å². The van der Waals surface area contributed by atoms with Gasteiger partial charge in [0, 0.05) is 23.7 Å². The average Bonchev–Trinajstić information content (AvgIpc) is 2.66. The molecule has 0 aromatic carbocycles. The van der Waals surface area contributed by atoms with Gasteiger partial charge in [-0.15, -0.1) is 11.8 Å². The molecule has 0 spiro atoms. The molecule has 0 saturated heterocycles. The fraction of sp³-hybridized carbons (Fsp3) is 0.545. The minimum absolute atomic E-state index is 0.266. The van der Waals surface area contributed by atoms with Gasteiger partial charge >= 0.3 is 0 Å². The highest BCUT2D eigenvalue weighted by molar-refractivity contribution is 8.03. The third kappa shape index (κ3) is 14.0. The molecule has 0 saturated carbocycles. The molecule has 3 N–H and O–H groups in total. The molecule has 4 nitrogen and oxygen atoms in total. The van der Waals surface area contributed by atoms with E-state index in [1.54, 1.807) is 30.8 Å². The van der Waals surface area contributed by atoms with Gasteiger partial charge in [-0.05, 0) is 18.4 Å². The lowest BCUT2D eigenvalue weighted by atomic mass is 9.91. The third-order valence-electron chi connectivity index (χ3n) is 4.26. The van der Waals surface area contributed by atoms with Crippen molar-refractivity contribution < 1.29 is 0 Å². The number of hydrogen-bond donors (Lipinski definition) is 2. The summed E-state index contributed by atoms with van der Waals surface area (Å²) >= 11 is 1.50. The monoisotopic (exact) mass is 390 g/mol. The van der Waals surface area contributed by atoms with E-state index in [-0.39, 0.29) is 6.04 Å². The molecule has 152 valence electrons. The smallest absolute Gasteiger partial charge is 0.0885 e. The SMILES string of the molecule is C=CC=NC[C@H](NC=NC(=C)CS/C(N)=C\C=C)[C@@H](CC)CCCCCC. The molecule has 5 heteroatoms. The molecule has 0 unspecified atom stereocenters. The number of unbranched alkanes of at least 4 members (excludes halogenated alkanes) is 3. The highest BCUT2D eigenvalue weighted by Gasteiger charge is 2.18. The number of hydrogen-bond acceptors (Lipinski definition) is 4. The Morgan fingerprint density at radius 3 is 2.59 bits per heavy atom. The van der Waals surface area contributed by atoms with Gasteiger partial charge in [-0.1, -0.05) is 77.8 Å². The maximum absolute atomic E-state index is 5.82. The lowest BCUT2D eigenvalue weighted by Crippen LogP contribution is -2.38. The fourth-order valence-electron chi connectivity index (χ4n) is 2.70. The van der Waals surface area contributed by atoms with E-state index >= 15 is 0 Å². The first-order chi connectivity index (χ1) is 13.1. The molecule has 0 rings (SSSR count). The Bertz CT molecular complexity index is 508. The Labute approximate surface area is 170 Å². The summed E-state index contributed by atoms with van der Waals surface area (Å²) in [5.41, 5.74) is 6.60. The van der Waals surface area contributed by atoms with Crippen molar-refractivity contribution in [2.45, 2.75) is 58.4 Å². The Morgan fingerprint density at radius 2 is 1.96 bits per heavy atom. The van der Waals surface area contributed by atoms with Crippen molar-refractivity contribution in [2.75, 3.05) is 12.3 Å². The number of aliphatic imine (C=N–C) groups is 2. The molecule has 0 radical (unpaired) electrons. The zero-order chi connectivity index (χ0) is 20.3. The van der Waals surface area contributed by atoms with E-state index in [2.05, 4.69) is 48.9 Å². The molecule has 0 heterocycles. The molecular formula is C22H38N4S. The Kier molecular flexibility index (Phi) is 16.5. The van der Waals surface area contributed by atoms with Gasteiger partial charge in [0.15, 0.2) is 0 Å². The largest absolute Gasteiger partial charge is 0.394 e. The number of nitrogens with two attached hydrogens (primary N) is 1. The van der Waals surface area contributed by atoms with Crippen LogP contribution in [-0.4, -0.2) is 30.9 Å². The number of rotatable bonds is 17. The van der Waals surface area contributed by atoms with Crippen LogP contribution in [-0.2, 0) is 0 Å². The van der Waals surface area contributed by atoms with Crippen LogP contribution < -0.4 is 11.1 Å². The van der Waals surface area contributed by atoms with Crippen LogP contribution >= 0.6 is 11.8 Å². The topological polar surface area (TPSA) is 62.8 Å². The normalized spacial score (nSPS) is 14.4. The first-order valence-electron chi connectivity index (χ1n) is 9.87. The van der Waals surface area contributed by atoms with Crippen molar-refractivity contribution in [3.63, 3.8) is 0 Å². The molecule has 0 amide bonds. The highest BCUT2D eigenvalue weighted by Crippen LogP contribution is 2.19. The summed E-state index contributed by atoms with van der Waals surface area (Å²) in [4.78, 5) is 8.87. The third-order valence-corrected chi connectivity index (χ3v) is 5.21. The Morgan fingerprint density at radius 1 is 1.19 bits per heavy atom. The van der Waals surface area contributed by atoms with E-state index in [1.807, 2.05) is 0 Å². The van der Waals surface area contributed by atoms with E-state index in [1.165, 1.54) is 43.9 Å². The summed E-state index contributed by atoms with van der Waals surface area (Å²) in [5, 5.41) is 4.15. The molecule has 27 heavy (non-hydrogen) atoms. The quantitative estimate of drug-likeness (QED) is 0.150. The van der Waals surface area contributed by atoms with Crippen LogP contribution in [0.3, 0.4) is 0 Å². The summed E-state index contributed by atoms with van der Waals surface area (Å²) < 4.78 is 0. The number of thioether (sulfide) groups is 1. The molecule has 2 atom stereocenters. The van der Waals surface area contributed by atoms with Crippen LogP contribution in [0, 0.1) is 5.92 Å². The highest BCUT2D eigenvalue weighted by atomic mass is 32.2. The predicted molar refractivity (Wildman–Crippen MR) is 126 cm³/mol. The molecule has 0 aliphatic heterocycles. The number of nitrogens with one attached hydrogen (secondary N) is 1. The van der Waals surface area contributed by atoms with Crippen LogP contribution in [0.1, 0.15) is 52.4 Å². The summed E-state index contributed by atoms with van der Waals surface area (Å²) in [6.45, 7) is 16.5. The van der Waals surface area contributed by atoms with Crippen molar-refractivity contribution in [2.24, 2.45) is 21.6 Å². The van der Waals surface area contributed by atoms with Crippen molar-refractivity contribution in [3.05, 3.63) is 48.7 Å². The maximum atomic E-state index is 5.82. The second kappa shape index (κ2) is 17.7. The molecular weight excluding hydrogens is 352 g/mol. The number of allylic oxidation sites excluding steroid dienone is 3. The van der Waals surface area contributed by atoms with Crippen LogP contribution in [0.4, 0.5) is 0 Å². The van der Waals surface area contributed by atoms with E-state index in [4.69, 9.17) is 5.73 Å².